The zero-order chi connectivity index (χ0) is 16.2. The molecule has 1 aliphatic heterocycles. The summed E-state index contributed by atoms with van der Waals surface area (Å²) in [5, 5.41) is 0. The lowest BCUT2D eigenvalue weighted by Gasteiger charge is -2.19. The minimum Gasteiger partial charge on any atom is -0.463 e. The second-order valence-corrected chi connectivity index (χ2v) is 5.25. The van der Waals surface area contributed by atoms with Crippen LogP contribution in [0.3, 0.4) is 0 Å². The number of carbonyl (C=O) groups excluding carboxylic acids is 1. The van der Waals surface area contributed by atoms with E-state index >= 15 is 0 Å². The van der Waals surface area contributed by atoms with Crippen LogP contribution >= 0.6 is 0 Å². The van der Waals surface area contributed by atoms with Gasteiger partial charge in [-0.2, -0.15) is 0 Å². The second kappa shape index (κ2) is 6.75. The van der Waals surface area contributed by atoms with Crippen molar-refractivity contribution in [3.8, 4) is 11.5 Å². The lowest BCUT2D eigenvalue weighted by molar-refractivity contribution is 0.0561. The number of ether oxygens (including phenoxy) is 3. The van der Waals surface area contributed by atoms with Crippen molar-refractivity contribution in [2.24, 2.45) is 0 Å². The molecule has 23 heavy (non-hydrogen) atoms. The van der Waals surface area contributed by atoms with Gasteiger partial charge in [-0.15, -0.1) is 0 Å². The maximum Gasteiger partial charge on any atom is 0.373 e. The molecule has 0 atom stereocenters. The molecule has 0 N–H and O–H groups in total. The van der Waals surface area contributed by atoms with Gasteiger partial charge in [0, 0.05) is 6.54 Å². The van der Waals surface area contributed by atoms with Crippen LogP contribution < -0.4 is 9.47 Å². The summed E-state index contributed by atoms with van der Waals surface area (Å²) >= 11 is 0. The molecule has 0 saturated heterocycles. The van der Waals surface area contributed by atoms with E-state index in [-0.39, 0.29) is 12.6 Å². The Bertz CT molecular complexity index is 694. The molecule has 3 rings (SSSR count). The number of hydrogen-bond acceptors (Lipinski definition) is 6. The molecule has 0 saturated carbocycles. The first-order valence-electron chi connectivity index (χ1n) is 7.47. The Hall–Kier alpha value is -2.47. The molecular weight excluding hydrogens is 298 g/mol. The Morgan fingerprint density at radius 1 is 1.17 bits per heavy atom. The second-order valence-electron chi connectivity index (χ2n) is 5.25. The van der Waals surface area contributed by atoms with Crippen LogP contribution in [-0.2, 0) is 17.8 Å². The number of nitrogens with zero attached hydrogens (tertiary/aromatic N) is 1. The highest BCUT2D eigenvalue weighted by Gasteiger charge is 2.16. The molecule has 0 aliphatic carbocycles. The number of esters is 1. The summed E-state index contributed by atoms with van der Waals surface area (Å²) in [6.07, 6.45) is 0. The van der Waals surface area contributed by atoms with Crippen LogP contribution in [-0.4, -0.2) is 31.3 Å². The van der Waals surface area contributed by atoms with Gasteiger partial charge in [0.1, 0.15) is 5.76 Å². The van der Waals surface area contributed by atoms with Gasteiger partial charge in [0.15, 0.2) is 11.5 Å². The molecule has 1 aromatic heterocycles. The summed E-state index contributed by atoms with van der Waals surface area (Å²) in [7, 11) is 1.34. The quantitative estimate of drug-likeness (QED) is 0.764. The highest BCUT2D eigenvalue weighted by Crippen LogP contribution is 2.32. The fraction of sp³-hybridized carbons (Fsp3) is 0.353. The molecule has 0 spiro atoms. The summed E-state index contributed by atoms with van der Waals surface area (Å²) in [4.78, 5) is 13.6. The van der Waals surface area contributed by atoms with Gasteiger partial charge in [0.2, 0.25) is 12.6 Å². The number of furan rings is 1. The lowest BCUT2D eigenvalue weighted by Crippen LogP contribution is -2.22. The van der Waals surface area contributed by atoms with E-state index in [0.717, 1.165) is 35.9 Å². The lowest BCUT2D eigenvalue weighted by atomic mass is 10.2. The van der Waals surface area contributed by atoms with E-state index in [4.69, 9.17) is 13.9 Å². The van der Waals surface area contributed by atoms with Crippen molar-refractivity contribution in [2.75, 3.05) is 20.4 Å². The number of methoxy groups -OCH3 is 1. The first-order valence-corrected chi connectivity index (χ1v) is 7.47. The van der Waals surface area contributed by atoms with E-state index in [1.165, 1.54) is 7.11 Å². The molecule has 2 heterocycles. The zero-order valence-corrected chi connectivity index (χ0v) is 13.2. The van der Waals surface area contributed by atoms with Crippen LogP contribution in [0.4, 0.5) is 0 Å². The average molecular weight is 317 g/mol. The largest absolute Gasteiger partial charge is 0.463 e. The highest BCUT2D eigenvalue weighted by atomic mass is 16.7. The molecule has 1 aromatic carbocycles. The van der Waals surface area contributed by atoms with Crippen molar-refractivity contribution in [3.63, 3.8) is 0 Å². The monoisotopic (exact) mass is 317 g/mol. The maximum atomic E-state index is 11.4. The molecule has 2 aromatic rings. The van der Waals surface area contributed by atoms with Crippen LogP contribution in [0.1, 0.15) is 28.8 Å². The van der Waals surface area contributed by atoms with Crippen molar-refractivity contribution < 1.29 is 23.4 Å². The number of fused-ring (bicyclic) bond motifs is 1. The van der Waals surface area contributed by atoms with Gasteiger partial charge in [0.05, 0.1) is 13.7 Å². The van der Waals surface area contributed by atoms with Crippen LogP contribution in [0.2, 0.25) is 0 Å². The van der Waals surface area contributed by atoms with Crippen molar-refractivity contribution in [2.45, 2.75) is 20.0 Å². The average Bonchev–Trinajstić information content (AvgIpc) is 3.22. The third-order valence-corrected chi connectivity index (χ3v) is 3.72. The summed E-state index contributed by atoms with van der Waals surface area (Å²) in [6.45, 7) is 4.57. The minimum absolute atomic E-state index is 0.224. The summed E-state index contributed by atoms with van der Waals surface area (Å²) in [6, 6.07) is 9.38. The Labute approximate surface area is 134 Å². The predicted octanol–water partition coefficient (Wildman–Crippen LogP) is 2.82. The van der Waals surface area contributed by atoms with Gasteiger partial charge >= 0.3 is 5.97 Å². The molecule has 0 bridgehead atoms. The predicted molar refractivity (Wildman–Crippen MR) is 82.4 cm³/mol. The summed E-state index contributed by atoms with van der Waals surface area (Å²) in [5.41, 5.74) is 1.14. The number of carbonyl (C=O) groups is 1. The highest BCUT2D eigenvalue weighted by molar-refractivity contribution is 5.86. The fourth-order valence-electron chi connectivity index (χ4n) is 2.47. The minimum atomic E-state index is -0.463. The van der Waals surface area contributed by atoms with Gasteiger partial charge in [0.25, 0.3) is 0 Å². The topological polar surface area (TPSA) is 61.1 Å². The van der Waals surface area contributed by atoms with Crippen molar-refractivity contribution in [3.05, 3.63) is 47.4 Å². The summed E-state index contributed by atoms with van der Waals surface area (Å²) in [5.74, 6) is 2.06. The molecule has 0 fully saturated rings. The van der Waals surface area contributed by atoms with E-state index < -0.39 is 5.97 Å². The molecule has 6 heteroatoms. The number of hydrogen-bond donors (Lipinski definition) is 0. The molecule has 0 unspecified atom stereocenters. The summed E-state index contributed by atoms with van der Waals surface area (Å²) < 4.78 is 20.9. The number of rotatable bonds is 6. The molecule has 1 aliphatic rings. The Morgan fingerprint density at radius 3 is 2.78 bits per heavy atom. The van der Waals surface area contributed by atoms with E-state index in [1.54, 1.807) is 12.1 Å². The SMILES string of the molecule is CCN(Cc1ccc2c(c1)OCO2)Cc1ccc(C(=O)OC)o1. The number of benzene rings is 1. The van der Waals surface area contributed by atoms with E-state index in [0.29, 0.717) is 6.54 Å². The zero-order valence-electron chi connectivity index (χ0n) is 13.2. The maximum absolute atomic E-state index is 11.4. The standard InChI is InChI=1S/C17H19NO5/c1-3-18(10-13-5-7-15(23-13)17(19)20-2)9-12-4-6-14-16(8-12)22-11-21-14/h4-8H,3,9-11H2,1-2H3. The van der Waals surface area contributed by atoms with Gasteiger partial charge in [-0.3, -0.25) is 4.90 Å². The first kappa shape index (κ1) is 15.4. The van der Waals surface area contributed by atoms with Crippen LogP contribution in [0.25, 0.3) is 0 Å². The Kier molecular flexibility index (Phi) is 4.52. The van der Waals surface area contributed by atoms with Crippen LogP contribution in [0.5, 0.6) is 11.5 Å². The van der Waals surface area contributed by atoms with E-state index in [1.807, 2.05) is 18.2 Å². The molecule has 122 valence electrons. The smallest absolute Gasteiger partial charge is 0.373 e. The van der Waals surface area contributed by atoms with Gasteiger partial charge in [-0.05, 0) is 36.4 Å². The van der Waals surface area contributed by atoms with Gasteiger partial charge in [-0.1, -0.05) is 13.0 Å². The normalized spacial score (nSPS) is 12.7. The van der Waals surface area contributed by atoms with E-state index in [2.05, 4.69) is 16.6 Å². The first-order chi connectivity index (χ1) is 11.2. The molecule has 0 amide bonds. The van der Waals surface area contributed by atoms with E-state index in [9.17, 15) is 4.79 Å². The van der Waals surface area contributed by atoms with Gasteiger partial charge < -0.3 is 18.6 Å². The fourth-order valence-corrected chi connectivity index (χ4v) is 2.47. The van der Waals surface area contributed by atoms with Crippen molar-refractivity contribution >= 4 is 5.97 Å². The third kappa shape index (κ3) is 3.48. The van der Waals surface area contributed by atoms with Crippen molar-refractivity contribution in [1.29, 1.82) is 0 Å². The van der Waals surface area contributed by atoms with Crippen LogP contribution in [0, 0.1) is 0 Å². The van der Waals surface area contributed by atoms with Gasteiger partial charge in [-0.25, -0.2) is 4.79 Å². The van der Waals surface area contributed by atoms with Crippen molar-refractivity contribution in [1.82, 2.24) is 4.90 Å². The molecule has 6 nitrogen and oxygen atoms in total. The molecular formula is C17H19NO5. The van der Waals surface area contributed by atoms with Crippen LogP contribution in [0.15, 0.2) is 34.7 Å². The molecule has 0 radical (unpaired) electrons. The Balaban J connectivity index is 1.66. The third-order valence-electron chi connectivity index (χ3n) is 3.72. The Morgan fingerprint density at radius 2 is 2.00 bits per heavy atom.